The Morgan fingerprint density at radius 2 is 2.05 bits per heavy atom. The van der Waals surface area contributed by atoms with E-state index in [1.54, 1.807) is 18.2 Å². The lowest BCUT2D eigenvalue weighted by molar-refractivity contribution is -0.137. The molecule has 1 aliphatic rings. The number of rotatable bonds is 4. The van der Waals surface area contributed by atoms with E-state index >= 15 is 0 Å². The van der Waals surface area contributed by atoms with Crippen molar-refractivity contribution in [1.29, 1.82) is 0 Å². The smallest absolute Gasteiger partial charge is 0.303 e. The van der Waals surface area contributed by atoms with Crippen molar-refractivity contribution in [1.82, 2.24) is 4.72 Å². The number of guanidine groups is 1. The predicted molar refractivity (Wildman–Crippen MR) is 69.6 cm³/mol. The summed E-state index contributed by atoms with van der Waals surface area (Å²) in [6, 6.07) is 6.48. The third-order valence-electron chi connectivity index (χ3n) is 2.48. The Labute approximate surface area is 110 Å². The molecule has 0 aromatic heterocycles. The van der Waals surface area contributed by atoms with Gasteiger partial charge in [-0.05, 0) is 18.6 Å². The molecule has 1 heterocycles. The highest BCUT2D eigenvalue weighted by molar-refractivity contribution is 7.90. The largest absolute Gasteiger partial charge is 0.481 e. The normalized spacial score (nSPS) is 18.2. The van der Waals surface area contributed by atoms with Crippen LogP contribution in [0.1, 0.15) is 12.8 Å². The number of aliphatic imine (C=N–C) groups is 1. The number of nitrogens with zero attached hydrogens (tertiary/aromatic N) is 1. The lowest BCUT2D eigenvalue weighted by atomic mass is 10.3. The molecule has 0 saturated heterocycles. The molecule has 102 valence electrons. The molecule has 1 aromatic carbocycles. The molecule has 0 saturated carbocycles. The molecule has 0 spiro atoms. The predicted octanol–water partition coefficient (Wildman–Crippen LogP) is 0.611. The van der Waals surface area contributed by atoms with Crippen LogP contribution < -0.4 is 10.0 Å². The van der Waals surface area contributed by atoms with Gasteiger partial charge < -0.3 is 10.4 Å². The van der Waals surface area contributed by atoms with Crippen molar-refractivity contribution in [3.63, 3.8) is 0 Å². The van der Waals surface area contributed by atoms with Gasteiger partial charge in [0.05, 0.1) is 5.69 Å². The minimum atomic E-state index is -3.60. The molecule has 0 aliphatic carbocycles. The van der Waals surface area contributed by atoms with Crippen molar-refractivity contribution in [2.75, 3.05) is 11.9 Å². The maximum atomic E-state index is 11.9. The second-order valence-electron chi connectivity index (χ2n) is 3.95. The van der Waals surface area contributed by atoms with E-state index in [1.165, 1.54) is 6.07 Å². The van der Waals surface area contributed by atoms with Crippen molar-refractivity contribution in [2.24, 2.45) is 4.99 Å². The van der Waals surface area contributed by atoms with Crippen LogP contribution >= 0.6 is 0 Å². The van der Waals surface area contributed by atoms with E-state index in [0.29, 0.717) is 12.1 Å². The quantitative estimate of drug-likeness (QED) is 0.702. The first kappa shape index (κ1) is 13.3. The number of nitrogens with one attached hydrogen (secondary N) is 2. The fourth-order valence-electron chi connectivity index (χ4n) is 1.63. The molecule has 2 rings (SSSR count). The number of sulfonamides is 1. The summed E-state index contributed by atoms with van der Waals surface area (Å²) in [5, 5.41) is 11.3. The molecule has 7 nitrogen and oxygen atoms in total. The summed E-state index contributed by atoms with van der Waals surface area (Å²) < 4.78 is 26.1. The van der Waals surface area contributed by atoms with Gasteiger partial charge >= 0.3 is 5.97 Å². The highest BCUT2D eigenvalue weighted by Crippen LogP contribution is 2.23. The zero-order valence-electron chi connectivity index (χ0n) is 9.96. The topological polar surface area (TPSA) is 108 Å². The van der Waals surface area contributed by atoms with Crippen LogP contribution in [-0.4, -0.2) is 32.0 Å². The van der Waals surface area contributed by atoms with Gasteiger partial charge in [-0.3, -0.25) is 9.79 Å². The van der Waals surface area contributed by atoms with E-state index in [2.05, 4.69) is 15.0 Å². The van der Waals surface area contributed by atoms with Gasteiger partial charge in [-0.15, -0.1) is 0 Å². The summed E-state index contributed by atoms with van der Waals surface area (Å²) in [5.41, 5.74) is 0.457. The number of aliphatic carboxylic acids is 1. The number of fused-ring (bicyclic) bond motifs is 1. The summed E-state index contributed by atoms with van der Waals surface area (Å²) >= 11 is 0. The van der Waals surface area contributed by atoms with Crippen molar-refractivity contribution in [3.8, 4) is 0 Å². The molecule has 19 heavy (non-hydrogen) atoms. The number of carboxylic acids is 1. The Morgan fingerprint density at radius 1 is 1.32 bits per heavy atom. The van der Waals surface area contributed by atoms with Crippen LogP contribution in [0.4, 0.5) is 5.69 Å². The molecular weight excluding hydrogens is 270 g/mol. The SMILES string of the molecule is O=C(O)CCCN=C1Nc2ccccc2S(=O)(=O)N1. The lowest BCUT2D eigenvalue weighted by Crippen LogP contribution is -2.40. The molecule has 0 radical (unpaired) electrons. The van der Waals surface area contributed by atoms with Crippen molar-refractivity contribution in [2.45, 2.75) is 17.7 Å². The standard InChI is InChI=1S/C11H13N3O4S/c15-10(16)6-3-7-12-11-13-8-4-1-2-5-9(8)19(17,18)14-11/h1-2,4-5H,3,6-7H2,(H,15,16)(H2,12,13,14). The molecule has 1 aliphatic heterocycles. The maximum absolute atomic E-state index is 11.9. The van der Waals surface area contributed by atoms with Crippen molar-refractivity contribution in [3.05, 3.63) is 24.3 Å². The summed E-state index contributed by atoms with van der Waals surface area (Å²) in [6.07, 6.45) is 0.351. The highest BCUT2D eigenvalue weighted by Gasteiger charge is 2.25. The van der Waals surface area contributed by atoms with Gasteiger partial charge in [0.1, 0.15) is 4.90 Å². The third-order valence-corrected chi connectivity index (χ3v) is 3.88. The second kappa shape index (κ2) is 5.27. The van der Waals surface area contributed by atoms with Gasteiger partial charge in [-0.25, -0.2) is 13.1 Å². The molecule has 0 bridgehead atoms. The van der Waals surface area contributed by atoms with Crippen LogP contribution in [0.15, 0.2) is 34.2 Å². The van der Waals surface area contributed by atoms with E-state index in [0.717, 1.165) is 0 Å². The summed E-state index contributed by atoms with van der Waals surface area (Å²) in [4.78, 5) is 14.5. The van der Waals surface area contributed by atoms with E-state index in [1.807, 2.05) is 0 Å². The van der Waals surface area contributed by atoms with Crippen LogP contribution in [0.2, 0.25) is 0 Å². The first-order valence-corrected chi connectivity index (χ1v) is 7.12. The number of carbonyl (C=O) groups is 1. The zero-order chi connectivity index (χ0) is 13.9. The first-order valence-electron chi connectivity index (χ1n) is 5.64. The van der Waals surface area contributed by atoms with Gasteiger partial charge in [-0.2, -0.15) is 0 Å². The minimum Gasteiger partial charge on any atom is -0.481 e. The van der Waals surface area contributed by atoms with E-state index in [-0.39, 0.29) is 23.8 Å². The molecule has 8 heteroatoms. The molecule has 3 N–H and O–H groups in total. The molecule has 0 fully saturated rings. The van der Waals surface area contributed by atoms with Gasteiger partial charge in [0.2, 0.25) is 5.96 Å². The minimum absolute atomic E-state index is 0.000116. The monoisotopic (exact) mass is 283 g/mol. The number of benzene rings is 1. The van der Waals surface area contributed by atoms with E-state index in [4.69, 9.17) is 5.11 Å². The Bertz CT molecular complexity index is 625. The molecule has 1 aromatic rings. The fourth-order valence-corrected chi connectivity index (χ4v) is 2.78. The number of para-hydroxylation sites is 1. The van der Waals surface area contributed by atoms with E-state index in [9.17, 15) is 13.2 Å². The van der Waals surface area contributed by atoms with Crippen LogP contribution in [0.25, 0.3) is 0 Å². The Balaban J connectivity index is 2.12. The zero-order valence-corrected chi connectivity index (χ0v) is 10.8. The van der Waals surface area contributed by atoms with Crippen LogP contribution in [0.3, 0.4) is 0 Å². The third kappa shape index (κ3) is 3.22. The van der Waals surface area contributed by atoms with E-state index < -0.39 is 16.0 Å². The Kier molecular flexibility index (Phi) is 3.70. The average molecular weight is 283 g/mol. The Hall–Kier alpha value is -2.09. The van der Waals surface area contributed by atoms with Gasteiger partial charge in [0, 0.05) is 13.0 Å². The molecular formula is C11H13N3O4S. The van der Waals surface area contributed by atoms with Crippen molar-refractivity contribution < 1.29 is 18.3 Å². The molecule has 0 unspecified atom stereocenters. The maximum Gasteiger partial charge on any atom is 0.303 e. The Morgan fingerprint density at radius 3 is 2.79 bits per heavy atom. The first-order chi connectivity index (χ1) is 8.99. The van der Waals surface area contributed by atoms with Crippen LogP contribution in [0.5, 0.6) is 0 Å². The van der Waals surface area contributed by atoms with Crippen molar-refractivity contribution >= 4 is 27.6 Å². The summed E-state index contributed by atoms with van der Waals surface area (Å²) in [5.74, 6) is -0.785. The number of hydrogen-bond acceptors (Lipinski definition) is 4. The van der Waals surface area contributed by atoms with Gasteiger partial charge in [-0.1, -0.05) is 12.1 Å². The summed E-state index contributed by atoms with van der Waals surface area (Å²) in [7, 11) is -3.60. The lowest BCUT2D eigenvalue weighted by Gasteiger charge is -2.21. The second-order valence-corrected chi connectivity index (χ2v) is 5.61. The van der Waals surface area contributed by atoms with Crippen LogP contribution in [0, 0.1) is 0 Å². The highest BCUT2D eigenvalue weighted by atomic mass is 32.2. The fraction of sp³-hybridized carbons (Fsp3) is 0.273. The molecule has 0 amide bonds. The van der Waals surface area contributed by atoms with Gasteiger partial charge in [0.15, 0.2) is 0 Å². The number of hydrogen-bond donors (Lipinski definition) is 3. The molecule has 0 atom stereocenters. The van der Waals surface area contributed by atoms with Gasteiger partial charge in [0.25, 0.3) is 10.0 Å². The van der Waals surface area contributed by atoms with Crippen LogP contribution in [-0.2, 0) is 14.8 Å². The average Bonchev–Trinajstić information content (AvgIpc) is 2.34. The summed E-state index contributed by atoms with van der Waals surface area (Å²) in [6.45, 7) is 0.235. The number of carboxylic acid groups (broad SMARTS) is 1. The number of anilines is 1.